The van der Waals surface area contributed by atoms with Gasteiger partial charge in [-0.1, -0.05) is 23.7 Å². The predicted molar refractivity (Wildman–Crippen MR) is 138 cm³/mol. The van der Waals surface area contributed by atoms with E-state index in [-0.39, 0.29) is 5.57 Å². The van der Waals surface area contributed by atoms with Crippen LogP contribution in [-0.2, 0) is 11.4 Å². The zero-order chi connectivity index (χ0) is 23.1. The molecule has 162 valence electrons. The molecule has 0 saturated carbocycles. The third-order valence-electron chi connectivity index (χ3n) is 4.34. The molecule has 3 aromatic carbocycles. The number of amides is 1. The summed E-state index contributed by atoms with van der Waals surface area (Å²) < 4.78 is 12.6. The molecule has 3 aromatic rings. The van der Waals surface area contributed by atoms with Crippen molar-refractivity contribution in [2.75, 3.05) is 12.4 Å². The van der Waals surface area contributed by atoms with Gasteiger partial charge in [0.25, 0.3) is 5.91 Å². The van der Waals surface area contributed by atoms with Crippen LogP contribution in [0.1, 0.15) is 11.1 Å². The maximum atomic E-state index is 12.5. The van der Waals surface area contributed by atoms with E-state index in [1.807, 2.05) is 36.4 Å². The molecule has 5 nitrogen and oxygen atoms in total. The molecule has 0 unspecified atom stereocenters. The largest absolute Gasteiger partial charge is 0.497 e. The number of carbonyl (C=O) groups is 1. The lowest BCUT2D eigenvalue weighted by molar-refractivity contribution is -0.112. The molecule has 0 spiro atoms. The van der Waals surface area contributed by atoms with Crippen molar-refractivity contribution < 1.29 is 14.3 Å². The van der Waals surface area contributed by atoms with Gasteiger partial charge in [-0.2, -0.15) is 5.26 Å². The Balaban J connectivity index is 1.74. The smallest absolute Gasteiger partial charge is 0.266 e. The number of hydrogen-bond donors (Lipinski definition) is 1. The number of carbonyl (C=O) groups excluding carboxylic acids is 1. The van der Waals surface area contributed by atoms with Crippen LogP contribution in [0.15, 0.2) is 70.7 Å². The third kappa shape index (κ3) is 6.48. The van der Waals surface area contributed by atoms with Crippen LogP contribution in [0.3, 0.4) is 0 Å². The van der Waals surface area contributed by atoms with Crippen molar-refractivity contribution in [1.29, 1.82) is 5.26 Å². The fraction of sp³-hybridized carbons (Fsp3) is 0.0833. The first-order valence-electron chi connectivity index (χ1n) is 9.33. The van der Waals surface area contributed by atoms with Crippen molar-refractivity contribution >= 4 is 67.8 Å². The molecule has 0 heterocycles. The van der Waals surface area contributed by atoms with E-state index >= 15 is 0 Å². The summed E-state index contributed by atoms with van der Waals surface area (Å²) in [5.74, 6) is 0.864. The van der Waals surface area contributed by atoms with Gasteiger partial charge in [-0.3, -0.25) is 4.79 Å². The highest BCUT2D eigenvalue weighted by Crippen LogP contribution is 2.33. The summed E-state index contributed by atoms with van der Waals surface area (Å²) in [4.78, 5) is 12.5. The van der Waals surface area contributed by atoms with Crippen LogP contribution in [-0.4, -0.2) is 13.0 Å². The minimum Gasteiger partial charge on any atom is -0.497 e. The minimum absolute atomic E-state index is 0.0154. The Labute approximate surface area is 213 Å². The number of rotatable bonds is 7. The molecule has 0 saturated heterocycles. The molecule has 0 aromatic heterocycles. The Hall–Kier alpha value is -2.54. The molecular weight excluding hydrogens is 607 g/mol. The van der Waals surface area contributed by atoms with Gasteiger partial charge >= 0.3 is 0 Å². The number of anilines is 1. The van der Waals surface area contributed by atoms with Crippen molar-refractivity contribution in [2.24, 2.45) is 0 Å². The second-order valence-corrected chi connectivity index (χ2v) is 9.03. The van der Waals surface area contributed by atoms with E-state index < -0.39 is 5.91 Å². The van der Waals surface area contributed by atoms with Crippen LogP contribution in [0, 0.1) is 14.9 Å². The summed E-state index contributed by atoms with van der Waals surface area (Å²) in [6.45, 7) is 0.384. The van der Waals surface area contributed by atoms with Gasteiger partial charge in [0.15, 0.2) is 0 Å². The summed E-state index contributed by atoms with van der Waals surface area (Å²) in [6, 6.07) is 19.9. The first kappa shape index (κ1) is 24.1. The monoisotopic (exact) mass is 622 g/mol. The van der Waals surface area contributed by atoms with Crippen LogP contribution in [0.5, 0.6) is 11.5 Å². The zero-order valence-electron chi connectivity index (χ0n) is 16.9. The molecule has 0 bridgehead atoms. The number of methoxy groups -OCH3 is 1. The van der Waals surface area contributed by atoms with E-state index in [9.17, 15) is 10.1 Å². The number of halogens is 3. The van der Waals surface area contributed by atoms with Crippen LogP contribution in [0.25, 0.3) is 6.08 Å². The standard InChI is InChI=1S/C24H17BrClIN2O3/c1-31-20-8-6-19(7-9-20)29-24(30)17(13-28)10-16-11-21(25)23(22(27)12-16)32-14-15-2-4-18(26)5-3-15/h2-12H,14H2,1H3,(H,29,30)/b17-10-. The van der Waals surface area contributed by atoms with E-state index in [4.69, 9.17) is 21.1 Å². The van der Waals surface area contributed by atoms with E-state index in [0.717, 1.165) is 13.6 Å². The van der Waals surface area contributed by atoms with E-state index in [1.54, 1.807) is 37.4 Å². The summed E-state index contributed by atoms with van der Waals surface area (Å²) in [6.07, 6.45) is 1.54. The van der Waals surface area contributed by atoms with E-state index in [0.29, 0.717) is 34.4 Å². The van der Waals surface area contributed by atoms with Gasteiger partial charge in [0, 0.05) is 10.7 Å². The summed E-state index contributed by atoms with van der Waals surface area (Å²) >= 11 is 11.6. The second-order valence-electron chi connectivity index (χ2n) is 6.58. The third-order valence-corrected chi connectivity index (χ3v) is 5.98. The maximum absolute atomic E-state index is 12.5. The molecule has 1 N–H and O–H groups in total. The van der Waals surface area contributed by atoms with Gasteiger partial charge in [0.05, 0.1) is 15.2 Å². The average Bonchev–Trinajstić information content (AvgIpc) is 2.78. The lowest BCUT2D eigenvalue weighted by atomic mass is 10.1. The van der Waals surface area contributed by atoms with Crippen LogP contribution < -0.4 is 14.8 Å². The molecule has 8 heteroatoms. The minimum atomic E-state index is -0.494. The van der Waals surface area contributed by atoms with Crippen molar-refractivity contribution in [3.05, 3.63) is 90.4 Å². The lowest BCUT2D eigenvalue weighted by Gasteiger charge is -2.12. The summed E-state index contributed by atoms with van der Waals surface area (Å²) in [5, 5.41) is 12.9. The SMILES string of the molecule is COc1ccc(NC(=O)/C(C#N)=C\c2cc(Br)c(OCc3ccc(Cl)cc3)c(I)c2)cc1. The number of nitrogens with one attached hydrogen (secondary N) is 1. The van der Waals surface area contributed by atoms with Crippen LogP contribution >= 0.6 is 50.1 Å². The Morgan fingerprint density at radius 3 is 2.47 bits per heavy atom. The summed E-state index contributed by atoms with van der Waals surface area (Å²) in [7, 11) is 1.57. The van der Waals surface area contributed by atoms with Gasteiger partial charge in [-0.15, -0.1) is 0 Å². The number of nitrogens with zero attached hydrogens (tertiary/aromatic N) is 1. The highest BCUT2D eigenvalue weighted by molar-refractivity contribution is 14.1. The molecule has 3 rings (SSSR count). The van der Waals surface area contributed by atoms with Crippen molar-refractivity contribution in [3.63, 3.8) is 0 Å². The number of benzene rings is 3. The van der Waals surface area contributed by atoms with Crippen molar-refractivity contribution in [3.8, 4) is 17.6 Å². The zero-order valence-corrected chi connectivity index (χ0v) is 21.4. The Morgan fingerprint density at radius 1 is 1.19 bits per heavy atom. The predicted octanol–water partition coefficient (Wildman–Crippen LogP) is 6.84. The average molecular weight is 624 g/mol. The van der Waals surface area contributed by atoms with Gasteiger partial charge in [0.2, 0.25) is 0 Å². The number of nitriles is 1. The molecule has 0 fully saturated rings. The fourth-order valence-corrected chi connectivity index (χ4v) is 4.62. The van der Waals surface area contributed by atoms with Gasteiger partial charge in [0.1, 0.15) is 29.7 Å². The molecule has 32 heavy (non-hydrogen) atoms. The summed E-state index contributed by atoms with van der Waals surface area (Å²) in [5.41, 5.74) is 2.24. The van der Waals surface area contributed by atoms with Crippen LogP contribution in [0.4, 0.5) is 5.69 Å². The maximum Gasteiger partial charge on any atom is 0.266 e. The topological polar surface area (TPSA) is 71.3 Å². The van der Waals surface area contributed by atoms with Crippen molar-refractivity contribution in [1.82, 2.24) is 0 Å². The highest BCUT2D eigenvalue weighted by atomic mass is 127. The molecule has 0 atom stereocenters. The Bertz CT molecular complexity index is 1170. The quantitative estimate of drug-likeness (QED) is 0.178. The number of hydrogen-bond acceptors (Lipinski definition) is 4. The van der Waals surface area contributed by atoms with Crippen molar-refractivity contribution in [2.45, 2.75) is 6.61 Å². The number of ether oxygens (including phenoxy) is 2. The highest BCUT2D eigenvalue weighted by Gasteiger charge is 2.13. The first-order valence-corrected chi connectivity index (χ1v) is 11.6. The van der Waals surface area contributed by atoms with Gasteiger partial charge in [-0.25, -0.2) is 0 Å². The van der Waals surface area contributed by atoms with Gasteiger partial charge < -0.3 is 14.8 Å². The van der Waals surface area contributed by atoms with Gasteiger partial charge in [-0.05, 0) is 104 Å². The normalized spacial score (nSPS) is 10.9. The lowest BCUT2D eigenvalue weighted by Crippen LogP contribution is -2.13. The van der Waals surface area contributed by atoms with E-state index in [2.05, 4.69) is 43.8 Å². The first-order chi connectivity index (χ1) is 15.4. The Morgan fingerprint density at radius 2 is 1.88 bits per heavy atom. The second kappa shape index (κ2) is 11.4. The fourth-order valence-electron chi connectivity index (χ4n) is 2.72. The molecule has 0 aliphatic carbocycles. The van der Waals surface area contributed by atoms with E-state index in [1.165, 1.54) is 6.08 Å². The molecule has 0 aliphatic rings. The molecule has 0 radical (unpaired) electrons. The molecule has 1 amide bonds. The molecular formula is C24H17BrClIN2O3. The Kier molecular flexibility index (Phi) is 8.56. The van der Waals surface area contributed by atoms with Crippen LogP contribution in [0.2, 0.25) is 5.02 Å². The molecule has 0 aliphatic heterocycles.